The standard InChI is InChI=1S/C15H24O4/c1-4-14(17)13-7-5-6-8-15(13)19-10-12(16)9-18-11(2)3/h5-8,11-12,14,16-17H,4,9-10H2,1-3H3/t12?,14-/m1/s1. The van der Waals surface area contributed by atoms with Crippen molar-refractivity contribution < 1.29 is 19.7 Å². The molecule has 4 heteroatoms. The molecule has 108 valence electrons. The first-order valence-corrected chi connectivity index (χ1v) is 6.74. The fourth-order valence-corrected chi connectivity index (χ4v) is 1.64. The van der Waals surface area contributed by atoms with Gasteiger partial charge in [0.2, 0.25) is 0 Å². The minimum atomic E-state index is -0.672. The Hall–Kier alpha value is -1.10. The van der Waals surface area contributed by atoms with Crippen LogP contribution in [0.4, 0.5) is 0 Å². The van der Waals surface area contributed by atoms with Crippen LogP contribution < -0.4 is 4.74 Å². The van der Waals surface area contributed by atoms with Crippen molar-refractivity contribution in [2.45, 2.75) is 45.5 Å². The van der Waals surface area contributed by atoms with E-state index in [9.17, 15) is 10.2 Å². The second kappa shape index (κ2) is 8.15. The molecule has 0 saturated heterocycles. The Morgan fingerprint density at radius 2 is 1.79 bits per heavy atom. The zero-order valence-electron chi connectivity index (χ0n) is 11.9. The van der Waals surface area contributed by atoms with Crippen LogP contribution >= 0.6 is 0 Å². The molecule has 0 aliphatic rings. The molecule has 0 radical (unpaired) electrons. The summed E-state index contributed by atoms with van der Waals surface area (Å²) in [5.74, 6) is 0.612. The topological polar surface area (TPSA) is 58.9 Å². The SMILES string of the molecule is CC[C@@H](O)c1ccccc1OCC(O)COC(C)C. The van der Waals surface area contributed by atoms with Gasteiger partial charge in [0, 0.05) is 5.56 Å². The summed E-state index contributed by atoms with van der Waals surface area (Å²) in [4.78, 5) is 0. The van der Waals surface area contributed by atoms with Gasteiger partial charge in [-0.05, 0) is 26.3 Å². The Labute approximate surface area is 115 Å². The van der Waals surface area contributed by atoms with Crippen LogP contribution in [0, 0.1) is 0 Å². The van der Waals surface area contributed by atoms with Crippen LogP contribution in [-0.2, 0) is 4.74 Å². The third-order valence-corrected chi connectivity index (χ3v) is 2.72. The van der Waals surface area contributed by atoms with Crippen molar-refractivity contribution in [1.82, 2.24) is 0 Å². The summed E-state index contributed by atoms with van der Waals surface area (Å²) in [5.41, 5.74) is 0.752. The molecule has 0 fully saturated rings. The van der Waals surface area contributed by atoms with E-state index in [0.29, 0.717) is 12.2 Å². The van der Waals surface area contributed by atoms with E-state index in [1.807, 2.05) is 39.0 Å². The lowest BCUT2D eigenvalue weighted by atomic mass is 10.1. The quantitative estimate of drug-likeness (QED) is 0.759. The fraction of sp³-hybridized carbons (Fsp3) is 0.600. The smallest absolute Gasteiger partial charge is 0.125 e. The van der Waals surface area contributed by atoms with E-state index >= 15 is 0 Å². The molecule has 1 aromatic rings. The molecular weight excluding hydrogens is 244 g/mol. The monoisotopic (exact) mass is 268 g/mol. The van der Waals surface area contributed by atoms with E-state index in [-0.39, 0.29) is 19.3 Å². The van der Waals surface area contributed by atoms with Gasteiger partial charge in [0.1, 0.15) is 18.5 Å². The molecule has 0 heterocycles. The second-order valence-electron chi connectivity index (χ2n) is 4.81. The Bertz CT molecular complexity index is 365. The van der Waals surface area contributed by atoms with E-state index < -0.39 is 12.2 Å². The summed E-state index contributed by atoms with van der Waals surface area (Å²) in [6.07, 6.45) is -0.502. The minimum Gasteiger partial charge on any atom is -0.490 e. The molecule has 0 aliphatic heterocycles. The van der Waals surface area contributed by atoms with Crippen LogP contribution in [0.25, 0.3) is 0 Å². The maximum atomic E-state index is 9.88. The molecule has 19 heavy (non-hydrogen) atoms. The van der Waals surface area contributed by atoms with Gasteiger partial charge in [0.25, 0.3) is 0 Å². The highest BCUT2D eigenvalue weighted by Crippen LogP contribution is 2.26. The normalized spacial score (nSPS) is 14.4. The Morgan fingerprint density at radius 1 is 1.11 bits per heavy atom. The van der Waals surface area contributed by atoms with Gasteiger partial charge in [-0.1, -0.05) is 25.1 Å². The van der Waals surface area contributed by atoms with Crippen molar-refractivity contribution in [3.8, 4) is 5.75 Å². The summed E-state index contributed by atoms with van der Waals surface area (Å²) in [6, 6.07) is 7.34. The number of para-hydroxylation sites is 1. The van der Waals surface area contributed by atoms with E-state index in [1.165, 1.54) is 0 Å². The molecule has 0 saturated carbocycles. The predicted molar refractivity (Wildman–Crippen MR) is 74.3 cm³/mol. The summed E-state index contributed by atoms with van der Waals surface area (Å²) in [7, 11) is 0. The molecular formula is C15H24O4. The van der Waals surface area contributed by atoms with Gasteiger partial charge in [-0.3, -0.25) is 0 Å². The van der Waals surface area contributed by atoms with Crippen molar-refractivity contribution >= 4 is 0 Å². The zero-order valence-corrected chi connectivity index (χ0v) is 11.9. The number of ether oxygens (including phenoxy) is 2. The third kappa shape index (κ3) is 5.59. The first-order chi connectivity index (χ1) is 9.04. The summed E-state index contributed by atoms with van der Waals surface area (Å²) in [6.45, 7) is 6.14. The number of aliphatic hydroxyl groups is 2. The van der Waals surface area contributed by atoms with Crippen LogP contribution in [0.2, 0.25) is 0 Å². The molecule has 1 unspecified atom stereocenters. The number of aliphatic hydroxyl groups excluding tert-OH is 2. The van der Waals surface area contributed by atoms with Crippen molar-refractivity contribution in [2.24, 2.45) is 0 Å². The highest BCUT2D eigenvalue weighted by molar-refractivity contribution is 5.35. The van der Waals surface area contributed by atoms with E-state index in [4.69, 9.17) is 9.47 Å². The van der Waals surface area contributed by atoms with Crippen LogP contribution in [0.5, 0.6) is 5.75 Å². The van der Waals surface area contributed by atoms with Gasteiger partial charge in [-0.15, -0.1) is 0 Å². The molecule has 4 nitrogen and oxygen atoms in total. The van der Waals surface area contributed by atoms with Crippen LogP contribution in [0.1, 0.15) is 38.9 Å². The first-order valence-electron chi connectivity index (χ1n) is 6.74. The van der Waals surface area contributed by atoms with Crippen LogP contribution in [-0.4, -0.2) is 35.6 Å². The predicted octanol–water partition coefficient (Wildman–Crippen LogP) is 2.29. The lowest BCUT2D eigenvalue weighted by Gasteiger charge is -2.18. The zero-order chi connectivity index (χ0) is 14.3. The Morgan fingerprint density at radius 3 is 2.42 bits per heavy atom. The highest BCUT2D eigenvalue weighted by Gasteiger charge is 2.13. The average Bonchev–Trinajstić information content (AvgIpc) is 2.42. The molecule has 0 spiro atoms. The molecule has 0 aliphatic carbocycles. The van der Waals surface area contributed by atoms with Gasteiger partial charge < -0.3 is 19.7 Å². The summed E-state index contributed by atoms with van der Waals surface area (Å²) >= 11 is 0. The van der Waals surface area contributed by atoms with Crippen LogP contribution in [0.3, 0.4) is 0 Å². The molecule has 2 atom stereocenters. The Kier molecular flexibility index (Phi) is 6.84. The minimum absolute atomic E-state index is 0.0869. The fourth-order valence-electron chi connectivity index (χ4n) is 1.64. The third-order valence-electron chi connectivity index (χ3n) is 2.72. The largest absolute Gasteiger partial charge is 0.490 e. The lowest BCUT2D eigenvalue weighted by Crippen LogP contribution is -2.25. The molecule has 0 bridgehead atoms. The number of rotatable bonds is 8. The second-order valence-corrected chi connectivity index (χ2v) is 4.81. The lowest BCUT2D eigenvalue weighted by molar-refractivity contribution is -0.0127. The molecule has 1 aromatic carbocycles. The van der Waals surface area contributed by atoms with E-state index in [1.54, 1.807) is 6.07 Å². The Balaban J connectivity index is 2.53. The molecule has 1 rings (SSSR count). The van der Waals surface area contributed by atoms with Gasteiger partial charge in [0.15, 0.2) is 0 Å². The summed E-state index contributed by atoms with van der Waals surface area (Å²) in [5, 5.41) is 19.6. The molecule has 0 aromatic heterocycles. The van der Waals surface area contributed by atoms with Gasteiger partial charge in [0.05, 0.1) is 18.8 Å². The maximum absolute atomic E-state index is 9.88. The highest BCUT2D eigenvalue weighted by atomic mass is 16.5. The maximum Gasteiger partial charge on any atom is 0.125 e. The molecule has 0 amide bonds. The molecule has 2 N–H and O–H groups in total. The van der Waals surface area contributed by atoms with Crippen molar-refractivity contribution in [2.75, 3.05) is 13.2 Å². The average molecular weight is 268 g/mol. The summed E-state index contributed by atoms with van der Waals surface area (Å²) < 4.78 is 10.9. The van der Waals surface area contributed by atoms with Crippen molar-refractivity contribution in [3.05, 3.63) is 29.8 Å². The number of hydrogen-bond acceptors (Lipinski definition) is 4. The van der Waals surface area contributed by atoms with Crippen molar-refractivity contribution in [1.29, 1.82) is 0 Å². The van der Waals surface area contributed by atoms with Gasteiger partial charge in [-0.2, -0.15) is 0 Å². The van der Waals surface area contributed by atoms with Gasteiger partial charge in [-0.25, -0.2) is 0 Å². The van der Waals surface area contributed by atoms with Gasteiger partial charge >= 0.3 is 0 Å². The number of hydrogen-bond donors (Lipinski definition) is 2. The van der Waals surface area contributed by atoms with Crippen LogP contribution in [0.15, 0.2) is 24.3 Å². The van der Waals surface area contributed by atoms with E-state index in [2.05, 4.69) is 0 Å². The number of benzene rings is 1. The van der Waals surface area contributed by atoms with E-state index in [0.717, 1.165) is 5.56 Å². The van der Waals surface area contributed by atoms with Crippen molar-refractivity contribution in [3.63, 3.8) is 0 Å². The first kappa shape index (κ1) is 16.0.